The molecule has 9 heteroatoms. The largest absolute Gasteiger partial charge is 0.481 e. The van der Waals surface area contributed by atoms with E-state index in [4.69, 9.17) is 16.7 Å². The molecule has 3 rings (SSSR count). The summed E-state index contributed by atoms with van der Waals surface area (Å²) in [4.78, 5) is 24.2. The van der Waals surface area contributed by atoms with Crippen molar-refractivity contribution in [3.8, 4) is 0 Å². The number of rotatable bonds is 3. The number of carboxylic acids is 1. The van der Waals surface area contributed by atoms with Crippen LogP contribution in [-0.4, -0.2) is 47.3 Å². The van der Waals surface area contributed by atoms with E-state index in [9.17, 15) is 22.8 Å². The number of alkyl halides is 3. The third-order valence-electron chi connectivity index (χ3n) is 5.15. The van der Waals surface area contributed by atoms with Crippen molar-refractivity contribution in [1.82, 2.24) is 10.2 Å². The monoisotopic (exact) mass is 390 g/mol. The van der Waals surface area contributed by atoms with Crippen LogP contribution >= 0.6 is 11.6 Å². The number of halogens is 4. The number of nitrogens with one attached hydrogen (secondary N) is 1. The number of hydrogen-bond donors (Lipinski definition) is 2. The molecule has 1 aliphatic carbocycles. The fourth-order valence-corrected chi connectivity index (χ4v) is 3.69. The summed E-state index contributed by atoms with van der Waals surface area (Å²) >= 11 is 5.84. The van der Waals surface area contributed by atoms with Crippen LogP contribution in [0.5, 0.6) is 0 Å². The Morgan fingerprint density at radius 1 is 1.15 bits per heavy atom. The predicted octanol–water partition coefficient (Wildman–Crippen LogP) is 3.49. The van der Waals surface area contributed by atoms with Gasteiger partial charge in [0.1, 0.15) is 0 Å². The fourth-order valence-electron chi connectivity index (χ4n) is 3.56. The van der Waals surface area contributed by atoms with E-state index >= 15 is 0 Å². The Bertz CT molecular complexity index is 689. The maximum absolute atomic E-state index is 13.0. The molecule has 0 aromatic heterocycles. The van der Waals surface area contributed by atoms with Crippen LogP contribution in [-0.2, 0) is 4.79 Å². The highest BCUT2D eigenvalue weighted by Gasteiger charge is 2.53. The number of aliphatic carboxylic acids is 1. The molecule has 2 atom stereocenters. The van der Waals surface area contributed by atoms with Crippen molar-refractivity contribution >= 4 is 23.6 Å². The van der Waals surface area contributed by atoms with E-state index in [1.165, 1.54) is 0 Å². The van der Waals surface area contributed by atoms with Gasteiger partial charge in [0.05, 0.1) is 11.8 Å². The van der Waals surface area contributed by atoms with E-state index in [1.807, 2.05) is 12.1 Å². The van der Waals surface area contributed by atoms with E-state index in [1.54, 1.807) is 12.1 Å². The molecule has 142 valence electrons. The molecule has 26 heavy (non-hydrogen) atoms. The van der Waals surface area contributed by atoms with Gasteiger partial charge < -0.3 is 15.3 Å². The average Bonchev–Trinajstić information content (AvgIpc) is 2.97. The Hall–Kier alpha value is -1.96. The summed E-state index contributed by atoms with van der Waals surface area (Å²) in [5, 5.41) is 12.3. The number of urea groups is 1. The quantitative estimate of drug-likeness (QED) is 0.830. The summed E-state index contributed by atoms with van der Waals surface area (Å²) in [5.74, 6) is -4.92. The molecule has 1 aromatic rings. The number of carbonyl (C=O) groups excluding carboxylic acids is 1. The number of benzene rings is 1. The zero-order valence-corrected chi connectivity index (χ0v) is 14.4. The van der Waals surface area contributed by atoms with Gasteiger partial charge in [-0.3, -0.25) is 4.79 Å². The average molecular weight is 391 g/mol. The first-order chi connectivity index (χ1) is 12.1. The molecule has 5 nitrogen and oxygen atoms in total. The third kappa shape index (κ3) is 3.90. The van der Waals surface area contributed by atoms with Gasteiger partial charge in [-0.2, -0.15) is 13.2 Å². The lowest BCUT2D eigenvalue weighted by Crippen LogP contribution is -2.49. The molecule has 2 fully saturated rings. The van der Waals surface area contributed by atoms with E-state index in [0.717, 1.165) is 10.5 Å². The maximum atomic E-state index is 13.0. The van der Waals surface area contributed by atoms with Crippen molar-refractivity contribution in [3.05, 3.63) is 34.9 Å². The summed E-state index contributed by atoms with van der Waals surface area (Å²) in [7, 11) is 0. The van der Waals surface area contributed by atoms with E-state index < -0.39 is 43.1 Å². The van der Waals surface area contributed by atoms with Crippen molar-refractivity contribution in [2.45, 2.75) is 31.0 Å². The summed E-state index contributed by atoms with van der Waals surface area (Å²) in [5.41, 5.74) is 1.10. The second kappa shape index (κ2) is 6.98. The lowest BCUT2D eigenvalue weighted by Gasteiger charge is -2.37. The van der Waals surface area contributed by atoms with Crippen LogP contribution in [0.25, 0.3) is 0 Å². The number of carbonyl (C=O) groups is 2. The molecular formula is C17H18ClF3N2O3. The first-order valence-electron chi connectivity index (χ1n) is 8.25. The number of likely N-dealkylation sites (tertiary alicyclic amines) is 1. The number of nitrogens with zero attached hydrogens (tertiary/aromatic N) is 1. The van der Waals surface area contributed by atoms with E-state index in [0.29, 0.717) is 17.9 Å². The van der Waals surface area contributed by atoms with Gasteiger partial charge >= 0.3 is 18.2 Å². The van der Waals surface area contributed by atoms with Crippen molar-refractivity contribution in [3.63, 3.8) is 0 Å². The molecule has 1 heterocycles. The van der Waals surface area contributed by atoms with Gasteiger partial charge in [0, 0.05) is 24.2 Å². The van der Waals surface area contributed by atoms with Gasteiger partial charge in [0.15, 0.2) is 0 Å². The molecule has 1 aliphatic heterocycles. The summed E-state index contributed by atoms with van der Waals surface area (Å²) in [6, 6.07) is 6.64. The molecular weight excluding hydrogens is 373 g/mol. The molecule has 0 radical (unpaired) electrons. The van der Waals surface area contributed by atoms with Crippen LogP contribution in [0.3, 0.4) is 0 Å². The molecule has 0 unspecified atom stereocenters. The van der Waals surface area contributed by atoms with Gasteiger partial charge in [-0.25, -0.2) is 4.79 Å². The molecule has 2 N–H and O–H groups in total. The van der Waals surface area contributed by atoms with Gasteiger partial charge in [0.2, 0.25) is 0 Å². The second-order valence-electron chi connectivity index (χ2n) is 6.86. The summed E-state index contributed by atoms with van der Waals surface area (Å²) < 4.78 is 39.0. The minimum Gasteiger partial charge on any atom is -0.481 e. The Morgan fingerprint density at radius 2 is 1.77 bits per heavy atom. The van der Waals surface area contributed by atoms with Crippen LogP contribution in [0.15, 0.2) is 24.3 Å². The van der Waals surface area contributed by atoms with Crippen LogP contribution in [0.2, 0.25) is 5.02 Å². The lowest BCUT2D eigenvalue weighted by molar-refractivity contribution is -0.187. The fraction of sp³-hybridized carbons (Fsp3) is 0.529. The van der Waals surface area contributed by atoms with Crippen molar-refractivity contribution in [2.24, 2.45) is 11.8 Å². The normalized spacial score (nSPS) is 28.5. The Morgan fingerprint density at radius 3 is 2.27 bits per heavy atom. The van der Waals surface area contributed by atoms with E-state index in [-0.39, 0.29) is 12.0 Å². The first kappa shape index (κ1) is 18.8. The third-order valence-corrected chi connectivity index (χ3v) is 5.40. The zero-order chi connectivity index (χ0) is 19.1. The summed E-state index contributed by atoms with van der Waals surface area (Å²) in [6.45, 7) is -1.06. The van der Waals surface area contributed by atoms with Crippen molar-refractivity contribution in [2.75, 3.05) is 13.1 Å². The van der Waals surface area contributed by atoms with Crippen LogP contribution in [0.4, 0.5) is 18.0 Å². The van der Waals surface area contributed by atoms with Gasteiger partial charge in [-0.15, -0.1) is 0 Å². The second-order valence-corrected chi connectivity index (χ2v) is 7.30. The topological polar surface area (TPSA) is 69.6 Å². The molecule has 2 amide bonds. The van der Waals surface area contributed by atoms with Crippen molar-refractivity contribution in [1.29, 1.82) is 0 Å². The van der Waals surface area contributed by atoms with Crippen LogP contribution in [0, 0.1) is 11.8 Å². The molecule has 1 saturated heterocycles. The van der Waals surface area contributed by atoms with Crippen molar-refractivity contribution < 1.29 is 27.9 Å². The van der Waals surface area contributed by atoms with E-state index in [2.05, 4.69) is 5.32 Å². The number of amides is 2. The summed E-state index contributed by atoms with van der Waals surface area (Å²) in [6.07, 6.45) is -3.27. The SMILES string of the molecule is O=C(O)[C@@H]1CN(C(=O)NC2CC(c3ccc(Cl)cc3)C2)C[C@H]1C(F)(F)F. The number of hydrogen-bond acceptors (Lipinski definition) is 2. The van der Waals surface area contributed by atoms with Gasteiger partial charge in [-0.05, 0) is 36.5 Å². The number of carboxylic acid groups (broad SMARTS) is 1. The molecule has 2 aliphatic rings. The van der Waals surface area contributed by atoms with Gasteiger partial charge in [0.25, 0.3) is 0 Å². The molecule has 0 bridgehead atoms. The maximum Gasteiger partial charge on any atom is 0.394 e. The Kier molecular flexibility index (Phi) is 5.05. The molecule has 1 aromatic carbocycles. The minimum absolute atomic E-state index is 0.128. The highest BCUT2D eigenvalue weighted by Crippen LogP contribution is 2.39. The highest BCUT2D eigenvalue weighted by atomic mass is 35.5. The Labute approximate surface area is 153 Å². The Balaban J connectivity index is 1.53. The molecule has 1 saturated carbocycles. The highest BCUT2D eigenvalue weighted by molar-refractivity contribution is 6.30. The zero-order valence-electron chi connectivity index (χ0n) is 13.7. The molecule has 0 spiro atoms. The minimum atomic E-state index is -4.64. The predicted molar refractivity (Wildman–Crippen MR) is 88.0 cm³/mol. The first-order valence-corrected chi connectivity index (χ1v) is 8.63. The van der Waals surface area contributed by atoms with Gasteiger partial charge in [-0.1, -0.05) is 23.7 Å². The van der Waals surface area contributed by atoms with Crippen LogP contribution < -0.4 is 5.32 Å². The standard InChI is InChI=1S/C17H18ClF3N2O3/c18-11-3-1-9(2-4-11)10-5-12(6-10)22-16(26)23-7-13(15(24)25)14(8-23)17(19,20)21/h1-4,10,12-14H,5-8H2,(H,22,26)(H,24,25)/t10?,12?,13-,14-/m1/s1. The lowest BCUT2D eigenvalue weighted by atomic mass is 9.76. The smallest absolute Gasteiger partial charge is 0.394 e. The van der Waals surface area contributed by atoms with Crippen LogP contribution in [0.1, 0.15) is 24.3 Å².